The van der Waals surface area contributed by atoms with E-state index in [1.54, 1.807) is 6.07 Å². The summed E-state index contributed by atoms with van der Waals surface area (Å²) in [6.07, 6.45) is 4.91. The first-order valence-corrected chi connectivity index (χ1v) is 8.07. The summed E-state index contributed by atoms with van der Waals surface area (Å²) in [6, 6.07) is 4.56. The van der Waals surface area contributed by atoms with E-state index in [1.165, 1.54) is 37.8 Å². The Kier molecular flexibility index (Phi) is 3.73. The fourth-order valence-corrected chi connectivity index (χ4v) is 2.93. The zero-order valence-corrected chi connectivity index (χ0v) is 12.0. The lowest BCUT2D eigenvalue weighted by Crippen LogP contribution is -2.17. The minimum Gasteiger partial charge on any atom is -0.397 e. The molecule has 0 saturated heterocycles. The van der Waals surface area contributed by atoms with Crippen LogP contribution in [0.5, 0.6) is 0 Å². The van der Waals surface area contributed by atoms with Crippen molar-refractivity contribution < 1.29 is 8.42 Å². The molecule has 0 aliphatic heterocycles. The molecule has 1 fully saturated rings. The fraction of sp³-hybridized carbons (Fsp3) is 0.538. The first-order chi connectivity index (χ1) is 8.86. The van der Waals surface area contributed by atoms with Crippen LogP contribution in [-0.2, 0) is 10.0 Å². The number of hydrogen-bond donors (Lipinski definition) is 3. The SMILES string of the molecule is CCCC1(CNc2ccc(S(N)(=O)=O)cc2N)CC1. The average molecular weight is 283 g/mol. The molecule has 1 aromatic carbocycles. The topological polar surface area (TPSA) is 98.2 Å². The first-order valence-electron chi connectivity index (χ1n) is 6.52. The van der Waals surface area contributed by atoms with Gasteiger partial charge in [-0.05, 0) is 42.9 Å². The van der Waals surface area contributed by atoms with Gasteiger partial charge in [0.1, 0.15) is 0 Å². The number of nitrogens with two attached hydrogens (primary N) is 2. The van der Waals surface area contributed by atoms with E-state index in [4.69, 9.17) is 10.9 Å². The van der Waals surface area contributed by atoms with Gasteiger partial charge >= 0.3 is 0 Å². The molecule has 0 spiro atoms. The van der Waals surface area contributed by atoms with Crippen LogP contribution in [0.4, 0.5) is 11.4 Å². The van der Waals surface area contributed by atoms with Gasteiger partial charge in [0.05, 0.1) is 16.3 Å². The Hall–Kier alpha value is -1.27. The van der Waals surface area contributed by atoms with E-state index in [9.17, 15) is 8.42 Å². The Bertz CT molecular complexity index is 565. The normalized spacial score (nSPS) is 17.2. The number of primary sulfonamides is 1. The van der Waals surface area contributed by atoms with Gasteiger partial charge in [-0.2, -0.15) is 0 Å². The van der Waals surface area contributed by atoms with Gasteiger partial charge in [0.2, 0.25) is 10.0 Å². The maximum atomic E-state index is 11.2. The van der Waals surface area contributed by atoms with Gasteiger partial charge in [0, 0.05) is 6.54 Å². The summed E-state index contributed by atoms with van der Waals surface area (Å²) in [4.78, 5) is 0.0465. The molecule has 2 rings (SSSR count). The number of nitrogen functional groups attached to an aromatic ring is 1. The molecule has 19 heavy (non-hydrogen) atoms. The lowest BCUT2D eigenvalue weighted by Gasteiger charge is -2.17. The maximum Gasteiger partial charge on any atom is 0.238 e. The van der Waals surface area contributed by atoms with Crippen molar-refractivity contribution >= 4 is 21.4 Å². The zero-order valence-electron chi connectivity index (χ0n) is 11.1. The molecule has 5 N–H and O–H groups in total. The van der Waals surface area contributed by atoms with E-state index in [0.29, 0.717) is 11.1 Å². The van der Waals surface area contributed by atoms with Crippen molar-refractivity contribution in [2.24, 2.45) is 10.6 Å². The van der Waals surface area contributed by atoms with Gasteiger partial charge in [-0.15, -0.1) is 0 Å². The van der Waals surface area contributed by atoms with Crippen LogP contribution in [0.15, 0.2) is 23.1 Å². The summed E-state index contributed by atoms with van der Waals surface area (Å²) < 4.78 is 22.4. The van der Waals surface area contributed by atoms with Crippen LogP contribution in [0.2, 0.25) is 0 Å². The van der Waals surface area contributed by atoms with Crippen LogP contribution in [0.3, 0.4) is 0 Å². The predicted octanol–water partition coefficient (Wildman–Crippen LogP) is 1.91. The number of nitrogens with one attached hydrogen (secondary N) is 1. The molecule has 1 aliphatic rings. The molecule has 1 aliphatic carbocycles. The number of anilines is 2. The largest absolute Gasteiger partial charge is 0.397 e. The molecule has 106 valence electrons. The van der Waals surface area contributed by atoms with E-state index in [1.807, 2.05) is 0 Å². The molecule has 1 saturated carbocycles. The Morgan fingerprint density at radius 1 is 1.37 bits per heavy atom. The Labute approximate surface area is 114 Å². The summed E-state index contributed by atoms with van der Waals surface area (Å²) in [5.41, 5.74) is 7.46. The summed E-state index contributed by atoms with van der Waals surface area (Å²) in [5, 5.41) is 8.38. The van der Waals surface area contributed by atoms with Gasteiger partial charge in [-0.3, -0.25) is 0 Å². The molecular formula is C13H21N3O2S. The van der Waals surface area contributed by atoms with Crippen LogP contribution in [0.25, 0.3) is 0 Å². The number of hydrogen-bond acceptors (Lipinski definition) is 4. The van der Waals surface area contributed by atoms with Crippen molar-refractivity contribution in [3.63, 3.8) is 0 Å². The summed E-state index contributed by atoms with van der Waals surface area (Å²) >= 11 is 0. The highest BCUT2D eigenvalue weighted by molar-refractivity contribution is 7.89. The highest BCUT2D eigenvalue weighted by atomic mass is 32.2. The molecule has 6 heteroatoms. The van der Waals surface area contributed by atoms with Gasteiger partial charge in [0.15, 0.2) is 0 Å². The van der Waals surface area contributed by atoms with E-state index in [2.05, 4.69) is 12.2 Å². The molecule has 0 bridgehead atoms. The lowest BCUT2D eigenvalue weighted by molar-refractivity contribution is 0.486. The molecule has 0 aromatic heterocycles. The molecule has 1 aromatic rings. The van der Waals surface area contributed by atoms with Gasteiger partial charge in [-0.1, -0.05) is 13.3 Å². The second-order valence-electron chi connectivity index (χ2n) is 5.40. The molecule has 0 unspecified atom stereocenters. The van der Waals surface area contributed by atoms with Crippen molar-refractivity contribution in [2.75, 3.05) is 17.6 Å². The monoisotopic (exact) mass is 283 g/mol. The quantitative estimate of drug-likeness (QED) is 0.694. The highest BCUT2D eigenvalue weighted by Crippen LogP contribution is 2.49. The van der Waals surface area contributed by atoms with E-state index in [-0.39, 0.29) is 4.90 Å². The highest BCUT2D eigenvalue weighted by Gasteiger charge is 2.41. The van der Waals surface area contributed by atoms with Crippen molar-refractivity contribution in [3.8, 4) is 0 Å². The minimum absolute atomic E-state index is 0.0465. The molecule has 0 radical (unpaired) electrons. The third-order valence-electron chi connectivity index (χ3n) is 3.74. The zero-order chi connectivity index (χ0) is 14.1. The number of rotatable bonds is 6. The molecule has 5 nitrogen and oxygen atoms in total. The van der Waals surface area contributed by atoms with E-state index < -0.39 is 10.0 Å². The van der Waals surface area contributed by atoms with Crippen molar-refractivity contribution in [1.82, 2.24) is 0 Å². The van der Waals surface area contributed by atoms with Crippen LogP contribution in [0, 0.1) is 5.41 Å². The summed E-state index contributed by atoms with van der Waals surface area (Å²) in [5.74, 6) is 0. The smallest absolute Gasteiger partial charge is 0.238 e. The van der Waals surface area contributed by atoms with Crippen LogP contribution < -0.4 is 16.2 Å². The van der Waals surface area contributed by atoms with Gasteiger partial charge < -0.3 is 11.1 Å². The van der Waals surface area contributed by atoms with Crippen molar-refractivity contribution in [2.45, 2.75) is 37.5 Å². The van der Waals surface area contributed by atoms with Crippen molar-refractivity contribution in [3.05, 3.63) is 18.2 Å². The number of benzene rings is 1. The maximum absolute atomic E-state index is 11.2. The molecule has 0 heterocycles. The Balaban J connectivity index is 2.06. The molecular weight excluding hydrogens is 262 g/mol. The first kappa shape index (κ1) is 14.1. The third-order valence-corrected chi connectivity index (χ3v) is 4.65. The minimum atomic E-state index is -3.69. The Morgan fingerprint density at radius 2 is 2.05 bits per heavy atom. The second kappa shape index (κ2) is 5.02. The average Bonchev–Trinajstić information content (AvgIpc) is 3.07. The van der Waals surface area contributed by atoms with Crippen LogP contribution in [-0.4, -0.2) is 15.0 Å². The fourth-order valence-electron chi connectivity index (χ4n) is 2.38. The second-order valence-corrected chi connectivity index (χ2v) is 6.96. The van der Waals surface area contributed by atoms with Crippen LogP contribution >= 0.6 is 0 Å². The third kappa shape index (κ3) is 3.39. The molecule has 0 amide bonds. The van der Waals surface area contributed by atoms with Gasteiger partial charge in [0.25, 0.3) is 0 Å². The standard InChI is InChI=1S/C13H21N3O2S/c1-2-5-13(6-7-13)9-16-12-4-3-10(8-11(12)14)19(15,17)18/h3-4,8,16H,2,5-7,9,14H2,1H3,(H2,15,17,18). The lowest BCUT2D eigenvalue weighted by atomic mass is 10.0. The Morgan fingerprint density at radius 3 is 2.53 bits per heavy atom. The summed E-state index contributed by atoms with van der Waals surface area (Å²) in [7, 11) is -3.69. The van der Waals surface area contributed by atoms with Crippen molar-refractivity contribution in [1.29, 1.82) is 0 Å². The van der Waals surface area contributed by atoms with Gasteiger partial charge in [-0.25, -0.2) is 13.6 Å². The van der Waals surface area contributed by atoms with E-state index >= 15 is 0 Å². The summed E-state index contributed by atoms with van der Waals surface area (Å²) in [6.45, 7) is 3.08. The number of sulfonamides is 1. The molecule has 0 atom stereocenters. The van der Waals surface area contributed by atoms with Crippen LogP contribution in [0.1, 0.15) is 32.6 Å². The predicted molar refractivity (Wildman–Crippen MR) is 77.3 cm³/mol. The van der Waals surface area contributed by atoms with E-state index in [0.717, 1.165) is 12.2 Å².